The van der Waals surface area contributed by atoms with E-state index in [9.17, 15) is 22.8 Å². The monoisotopic (exact) mass is 276 g/mol. The Morgan fingerprint density at radius 3 is 2.79 bits per heavy atom. The van der Waals surface area contributed by atoms with Gasteiger partial charge < -0.3 is 14.1 Å². The number of H-pyrrole nitrogens is 1. The van der Waals surface area contributed by atoms with E-state index in [2.05, 4.69) is 9.72 Å². The highest BCUT2D eigenvalue weighted by Gasteiger charge is 2.35. The number of furan rings is 1. The van der Waals surface area contributed by atoms with Crippen LogP contribution in [0.5, 0.6) is 0 Å². The van der Waals surface area contributed by atoms with Crippen LogP contribution in [0.15, 0.2) is 15.3 Å². The molecule has 9 heteroatoms. The molecule has 0 unspecified atom stereocenters. The number of esters is 1. The molecule has 0 radical (unpaired) electrons. The van der Waals surface area contributed by atoms with Crippen LogP contribution in [0, 0.1) is 0 Å². The van der Waals surface area contributed by atoms with Gasteiger partial charge in [0.25, 0.3) is 5.56 Å². The summed E-state index contributed by atoms with van der Waals surface area (Å²) in [4.78, 5) is 27.4. The topological polar surface area (TPSA) is 85.2 Å². The van der Waals surface area contributed by atoms with Gasteiger partial charge in [-0.3, -0.25) is 4.79 Å². The molecule has 0 spiro atoms. The number of aromatic nitrogens is 2. The number of fused-ring (bicyclic) bond motifs is 1. The Bertz CT molecular complexity index is 686. The molecule has 0 atom stereocenters. The van der Waals surface area contributed by atoms with Crippen molar-refractivity contribution in [2.75, 3.05) is 6.61 Å². The van der Waals surface area contributed by atoms with Crippen LogP contribution in [0.25, 0.3) is 11.1 Å². The lowest BCUT2D eigenvalue weighted by Gasteiger charge is -2.03. The lowest BCUT2D eigenvalue weighted by Crippen LogP contribution is -2.18. The number of carbonyl (C=O) groups excluding carboxylic acids is 1. The molecule has 19 heavy (non-hydrogen) atoms. The molecule has 0 aromatic carbocycles. The molecule has 0 fully saturated rings. The summed E-state index contributed by atoms with van der Waals surface area (Å²) in [5.41, 5.74) is -1.62. The third-order valence-corrected chi connectivity index (χ3v) is 2.15. The lowest BCUT2D eigenvalue weighted by atomic mass is 10.3. The van der Waals surface area contributed by atoms with Gasteiger partial charge in [0.15, 0.2) is 0 Å². The van der Waals surface area contributed by atoms with Gasteiger partial charge in [-0.2, -0.15) is 18.2 Å². The average molecular weight is 276 g/mol. The number of ether oxygens (including phenoxy) is 1. The fourth-order valence-electron chi connectivity index (χ4n) is 1.37. The summed E-state index contributed by atoms with van der Waals surface area (Å²) in [5.74, 6) is -2.75. The molecule has 0 aliphatic carbocycles. The molecule has 0 aliphatic rings. The Kier molecular flexibility index (Phi) is 3.05. The maximum absolute atomic E-state index is 12.4. The maximum Gasteiger partial charge on any atom is 0.449 e. The van der Waals surface area contributed by atoms with Crippen molar-refractivity contribution in [2.24, 2.45) is 0 Å². The molecular formula is C10H7F3N2O4. The Morgan fingerprint density at radius 1 is 1.53 bits per heavy atom. The van der Waals surface area contributed by atoms with Gasteiger partial charge in [-0.25, -0.2) is 4.79 Å². The molecule has 1 N–H and O–H groups in total. The van der Waals surface area contributed by atoms with Crippen molar-refractivity contribution in [3.8, 4) is 0 Å². The van der Waals surface area contributed by atoms with Crippen LogP contribution in [-0.2, 0) is 10.9 Å². The first kappa shape index (κ1) is 13.1. The summed E-state index contributed by atoms with van der Waals surface area (Å²) < 4.78 is 46.6. The van der Waals surface area contributed by atoms with Crippen molar-refractivity contribution in [3.05, 3.63) is 28.0 Å². The second-order valence-electron chi connectivity index (χ2n) is 3.46. The minimum Gasteiger partial charge on any atom is -0.460 e. The van der Waals surface area contributed by atoms with Crippen molar-refractivity contribution in [1.82, 2.24) is 9.97 Å². The second-order valence-corrected chi connectivity index (χ2v) is 3.46. The van der Waals surface area contributed by atoms with Crippen LogP contribution in [0.2, 0.25) is 0 Å². The normalized spacial score (nSPS) is 11.8. The lowest BCUT2D eigenvalue weighted by molar-refractivity contribution is -0.145. The highest BCUT2D eigenvalue weighted by atomic mass is 19.4. The van der Waals surface area contributed by atoms with E-state index in [1.165, 1.54) is 0 Å². The Balaban J connectivity index is 2.57. The largest absolute Gasteiger partial charge is 0.460 e. The Hall–Kier alpha value is -2.32. The summed E-state index contributed by atoms with van der Waals surface area (Å²) in [5, 5.41) is -0.254. The van der Waals surface area contributed by atoms with Gasteiger partial charge >= 0.3 is 12.1 Å². The van der Waals surface area contributed by atoms with Crippen LogP contribution in [0.1, 0.15) is 23.3 Å². The predicted octanol–water partition coefficient (Wildman–Crippen LogP) is 1.71. The number of carbonyl (C=O) groups is 1. The number of rotatable bonds is 2. The van der Waals surface area contributed by atoms with Crippen molar-refractivity contribution < 1.29 is 27.1 Å². The number of halogens is 3. The van der Waals surface area contributed by atoms with E-state index >= 15 is 0 Å². The molecule has 0 bridgehead atoms. The van der Waals surface area contributed by atoms with Crippen LogP contribution in [0.4, 0.5) is 13.2 Å². The first-order chi connectivity index (χ1) is 8.82. The van der Waals surface area contributed by atoms with Gasteiger partial charge in [0.05, 0.1) is 6.61 Å². The van der Waals surface area contributed by atoms with Crippen molar-refractivity contribution in [2.45, 2.75) is 13.1 Å². The molecule has 2 aromatic rings. The van der Waals surface area contributed by atoms with E-state index in [1.807, 2.05) is 0 Å². The second kappa shape index (κ2) is 4.41. The Labute approximate surface area is 103 Å². The SMILES string of the molecule is CCOC(=O)c1cc2c(=O)[nH]c(C(F)(F)F)nc2o1. The fourth-order valence-corrected chi connectivity index (χ4v) is 1.37. The zero-order valence-corrected chi connectivity index (χ0v) is 9.50. The van der Waals surface area contributed by atoms with E-state index < -0.39 is 29.2 Å². The number of nitrogens with zero attached hydrogens (tertiary/aromatic N) is 1. The molecular weight excluding hydrogens is 269 g/mol. The highest BCUT2D eigenvalue weighted by molar-refractivity contribution is 5.91. The number of alkyl halides is 3. The van der Waals surface area contributed by atoms with Crippen LogP contribution in [-0.4, -0.2) is 22.5 Å². The van der Waals surface area contributed by atoms with Crippen molar-refractivity contribution in [1.29, 1.82) is 0 Å². The van der Waals surface area contributed by atoms with Gasteiger partial charge in [-0.15, -0.1) is 0 Å². The molecule has 0 saturated carbocycles. The number of hydrogen-bond acceptors (Lipinski definition) is 5. The number of nitrogens with one attached hydrogen (secondary N) is 1. The molecule has 0 aliphatic heterocycles. The van der Waals surface area contributed by atoms with Crippen LogP contribution >= 0.6 is 0 Å². The average Bonchev–Trinajstić information content (AvgIpc) is 2.72. The molecule has 2 heterocycles. The van der Waals surface area contributed by atoms with Gasteiger partial charge in [0.2, 0.25) is 17.3 Å². The standard InChI is InChI=1S/C10H7F3N2O4/c1-2-18-8(17)5-3-4-6(16)14-9(10(11,12)13)15-7(4)19-5/h3H,2H2,1H3,(H,14,15,16). The van der Waals surface area contributed by atoms with Crippen LogP contribution in [0.3, 0.4) is 0 Å². The molecule has 102 valence electrons. The summed E-state index contributed by atoms with van der Waals surface area (Å²) in [6, 6.07) is 0.985. The van der Waals surface area contributed by atoms with E-state index in [0.717, 1.165) is 6.07 Å². The van der Waals surface area contributed by atoms with Gasteiger partial charge in [0, 0.05) is 6.07 Å². The molecule has 0 amide bonds. The fraction of sp³-hybridized carbons (Fsp3) is 0.300. The minimum absolute atomic E-state index is 0.0630. The maximum atomic E-state index is 12.4. The predicted molar refractivity (Wildman–Crippen MR) is 55.6 cm³/mol. The molecule has 2 aromatic heterocycles. The number of aromatic amines is 1. The summed E-state index contributed by atoms with van der Waals surface area (Å²) in [7, 11) is 0. The highest BCUT2D eigenvalue weighted by Crippen LogP contribution is 2.26. The van der Waals surface area contributed by atoms with E-state index in [-0.39, 0.29) is 17.8 Å². The van der Waals surface area contributed by atoms with Crippen molar-refractivity contribution >= 4 is 17.1 Å². The quantitative estimate of drug-likeness (QED) is 0.844. The van der Waals surface area contributed by atoms with Gasteiger partial charge in [0.1, 0.15) is 5.39 Å². The summed E-state index contributed by atoms with van der Waals surface area (Å²) >= 11 is 0. The Morgan fingerprint density at radius 2 is 2.21 bits per heavy atom. The van der Waals surface area contributed by atoms with Gasteiger partial charge in [-0.05, 0) is 6.92 Å². The first-order valence-electron chi connectivity index (χ1n) is 5.11. The van der Waals surface area contributed by atoms with E-state index in [0.29, 0.717) is 0 Å². The number of hydrogen-bond donors (Lipinski definition) is 1. The third-order valence-electron chi connectivity index (χ3n) is 2.15. The molecule has 2 rings (SSSR count). The summed E-state index contributed by atoms with van der Waals surface area (Å²) in [6.07, 6.45) is -4.82. The molecule has 6 nitrogen and oxygen atoms in total. The zero-order valence-electron chi connectivity index (χ0n) is 9.50. The zero-order chi connectivity index (χ0) is 14.2. The first-order valence-corrected chi connectivity index (χ1v) is 5.11. The molecule has 0 saturated heterocycles. The van der Waals surface area contributed by atoms with Gasteiger partial charge in [-0.1, -0.05) is 0 Å². The smallest absolute Gasteiger partial charge is 0.449 e. The van der Waals surface area contributed by atoms with Crippen LogP contribution < -0.4 is 5.56 Å². The third kappa shape index (κ3) is 2.44. The minimum atomic E-state index is -4.82. The summed E-state index contributed by atoms with van der Waals surface area (Å²) in [6.45, 7) is 1.61. The van der Waals surface area contributed by atoms with E-state index in [4.69, 9.17) is 4.42 Å². The van der Waals surface area contributed by atoms with E-state index in [1.54, 1.807) is 11.9 Å². The van der Waals surface area contributed by atoms with Crippen molar-refractivity contribution in [3.63, 3.8) is 0 Å².